The van der Waals surface area contributed by atoms with Gasteiger partial charge in [-0.05, 0) is 30.3 Å². The summed E-state index contributed by atoms with van der Waals surface area (Å²) in [6.07, 6.45) is -4.46. The third-order valence-corrected chi connectivity index (χ3v) is 4.18. The minimum Gasteiger partial charge on any atom is -0.477 e. The zero-order chi connectivity index (χ0) is 15.6. The van der Waals surface area contributed by atoms with Crippen LogP contribution in [0.4, 0.5) is 18.9 Å². The van der Waals surface area contributed by atoms with Gasteiger partial charge in [0, 0.05) is 21.6 Å². The van der Waals surface area contributed by atoms with E-state index in [1.165, 1.54) is 18.2 Å². The molecule has 0 aliphatic heterocycles. The molecule has 0 radical (unpaired) electrons. The van der Waals surface area contributed by atoms with E-state index in [1.807, 2.05) is 0 Å². The first kappa shape index (κ1) is 15.8. The fraction of sp³-hybridized carbons (Fsp3) is 0.154. The standard InChI is InChI=1S/C13H9BrF3NO2S/c14-7-1-3-10(9(5-7)13(15,16)17)18-6-8-2-4-11(21-8)12(19)20/h1-5,18H,6H2,(H,19,20). The highest BCUT2D eigenvalue weighted by atomic mass is 79.9. The maximum Gasteiger partial charge on any atom is 0.418 e. The highest BCUT2D eigenvalue weighted by Crippen LogP contribution is 2.36. The van der Waals surface area contributed by atoms with Gasteiger partial charge in [-0.25, -0.2) is 4.79 Å². The maximum atomic E-state index is 12.9. The Labute approximate surface area is 130 Å². The molecular formula is C13H9BrF3NO2S. The van der Waals surface area contributed by atoms with Gasteiger partial charge < -0.3 is 10.4 Å². The number of hydrogen-bond acceptors (Lipinski definition) is 3. The zero-order valence-electron chi connectivity index (χ0n) is 10.4. The molecule has 0 atom stereocenters. The number of carboxylic acid groups (broad SMARTS) is 1. The summed E-state index contributed by atoms with van der Waals surface area (Å²) in [6.45, 7) is 0.128. The minimum absolute atomic E-state index is 0.0454. The van der Waals surface area contributed by atoms with Gasteiger partial charge in [-0.3, -0.25) is 0 Å². The number of benzene rings is 1. The fourth-order valence-corrected chi connectivity index (χ4v) is 2.82. The van der Waals surface area contributed by atoms with Crippen molar-refractivity contribution in [3.05, 3.63) is 50.1 Å². The van der Waals surface area contributed by atoms with Crippen molar-refractivity contribution in [2.75, 3.05) is 5.32 Å². The second kappa shape index (κ2) is 6.07. The number of hydrogen-bond donors (Lipinski definition) is 2. The molecule has 0 bridgehead atoms. The number of nitrogens with one attached hydrogen (secondary N) is 1. The van der Waals surface area contributed by atoms with Gasteiger partial charge >= 0.3 is 12.1 Å². The molecule has 0 unspecified atom stereocenters. The van der Waals surface area contributed by atoms with Crippen LogP contribution in [-0.4, -0.2) is 11.1 Å². The number of aromatic carboxylic acids is 1. The summed E-state index contributed by atoms with van der Waals surface area (Å²) in [6, 6.07) is 6.84. The molecule has 2 aromatic rings. The molecule has 8 heteroatoms. The molecule has 1 heterocycles. The van der Waals surface area contributed by atoms with Crippen LogP contribution in [0, 0.1) is 0 Å². The third-order valence-electron chi connectivity index (χ3n) is 2.61. The number of alkyl halides is 3. The van der Waals surface area contributed by atoms with Gasteiger partial charge in [0.25, 0.3) is 0 Å². The Balaban J connectivity index is 2.18. The number of rotatable bonds is 4. The van der Waals surface area contributed by atoms with Gasteiger partial charge in [0.05, 0.1) is 5.56 Å². The van der Waals surface area contributed by atoms with Gasteiger partial charge in [-0.15, -0.1) is 11.3 Å². The van der Waals surface area contributed by atoms with E-state index in [2.05, 4.69) is 21.2 Å². The Bertz CT molecular complexity index is 670. The van der Waals surface area contributed by atoms with E-state index >= 15 is 0 Å². The first-order valence-electron chi connectivity index (χ1n) is 5.70. The Morgan fingerprint density at radius 2 is 2.00 bits per heavy atom. The molecular weight excluding hydrogens is 371 g/mol. The van der Waals surface area contributed by atoms with Crippen molar-refractivity contribution in [3.8, 4) is 0 Å². The van der Waals surface area contributed by atoms with Crippen LogP contribution in [0.2, 0.25) is 0 Å². The molecule has 21 heavy (non-hydrogen) atoms. The molecule has 1 aromatic heterocycles. The maximum absolute atomic E-state index is 12.9. The van der Waals surface area contributed by atoms with E-state index in [0.29, 0.717) is 9.35 Å². The first-order valence-corrected chi connectivity index (χ1v) is 7.31. The molecule has 0 aliphatic rings. The number of thiophene rings is 1. The summed E-state index contributed by atoms with van der Waals surface area (Å²) in [5.74, 6) is -1.05. The summed E-state index contributed by atoms with van der Waals surface area (Å²) in [4.78, 5) is 11.5. The smallest absolute Gasteiger partial charge is 0.418 e. The summed E-state index contributed by atoms with van der Waals surface area (Å²) < 4.78 is 39.1. The predicted octanol–water partition coefficient (Wildman–Crippen LogP) is 4.84. The second-order valence-electron chi connectivity index (χ2n) is 4.11. The molecule has 112 valence electrons. The van der Waals surface area contributed by atoms with Crippen molar-refractivity contribution >= 4 is 38.9 Å². The lowest BCUT2D eigenvalue weighted by atomic mass is 10.1. The van der Waals surface area contributed by atoms with Crippen LogP contribution in [-0.2, 0) is 12.7 Å². The number of carbonyl (C=O) groups is 1. The minimum atomic E-state index is -4.46. The molecule has 0 amide bonds. The van der Waals surface area contributed by atoms with Crippen molar-refractivity contribution in [2.45, 2.75) is 12.7 Å². The van der Waals surface area contributed by atoms with Gasteiger partial charge in [0.1, 0.15) is 4.88 Å². The van der Waals surface area contributed by atoms with E-state index in [-0.39, 0.29) is 17.1 Å². The highest BCUT2D eigenvalue weighted by molar-refractivity contribution is 9.10. The van der Waals surface area contributed by atoms with E-state index in [1.54, 1.807) is 6.07 Å². The van der Waals surface area contributed by atoms with Crippen LogP contribution < -0.4 is 5.32 Å². The van der Waals surface area contributed by atoms with E-state index in [0.717, 1.165) is 17.4 Å². The molecule has 0 aliphatic carbocycles. The highest BCUT2D eigenvalue weighted by Gasteiger charge is 2.33. The SMILES string of the molecule is O=C(O)c1ccc(CNc2ccc(Br)cc2C(F)(F)F)s1. The van der Waals surface area contributed by atoms with Crippen molar-refractivity contribution in [1.29, 1.82) is 0 Å². The molecule has 0 saturated carbocycles. The van der Waals surface area contributed by atoms with Crippen molar-refractivity contribution in [3.63, 3.8) is 0 Å². The fourth-order valence-electron chi connectivity index (χ4n) is 1.68. The summed E-state index contributed by atoms with van der Waals surface area (Å²) >= 11 is 4.04. The first-order chi connectivity index (χ1) is 9.77. The van der Waals surface area contributed by atoms with Crippen LogP contribution in [0.15, 0.2) is 34.8 Å². The van der Waals surface area contributed by atoms with Gasteiger partial charge in [-0.2, -0.15) is 13.2 Å². The third kappa shape index (κ3) is 3.98. The van der Waals surface area contributed by atoms with Gasteiger partial charge in [0.2, 0.25) is 0 Å². The van der Waals surface area contributed by atoms with E-state index in [9.17, 15) is 18.0 Å². The van der Waals surface area contributed by atoms with Crippen molar-refractivity contribution in [1.82, 2.24) is 0 Å². The normalized spacial score (nSPS) is 11.4. The van der Waals surface area contributed by atoms with Crippen LogP contribution in [0.3, 0.4) is 0 Å². The molecule has 2 rings (SSSR count). The second-order valence-corrected chi connectivity index (χ2v) is 6.20. The summed E-state index contributed by atoms with van der Waals surface area (Å²) in [5.41, 5.74) is -0.817. The summed E-state index contributed by atoms with van der Waals surface area (Å²) in [5, 5.41) is 11.5. The average Bonchev–Trinajstić information content (AvgIpc) is 2.85. The quantitative estimate of drug-likeness (QED) is 0.798. The van der Waals surface area contributed by atoms with E-state index < -0.39 is 17.7 Å². The predicted molar refractivity (Wildman–Crippen MR) is 77.7 cm³/mol. The molecule has 0 spiro atoms. The lowest BCUT2D eigenvalue weighted by Gasteiger charge is -2.14. The van der Waals surface area contributed by atoms with Gasteiger partial charge in [-0.1, -0.05) is 15.9 Å². The Hall–Kier alpha value is -1.54. The Morgan fingerprint density at radius 3 is 2.57 bits per heavy atom. The Kier molecular flexibility index (Phi) is 4.58. The number of carboxylic acids is 1. The molecule has 2 N–H and O–H groups in total. The van der Waals surface area contributed by atoms with Crippen molar-refractivity contribution < 1.29 is 23.1 Å². The lowest BCUT2D eigenvalue weighted by molar-refractivity contribution is -0.137. The topological polar surface area (TPSA) is 49.3 Å². The number of anilines is 1. The van der Waals surface area contributed by atoms with Crippen molar-refractivity contribution in [2.24, 2.45) is 0 Å². The summed E-state index contributed by atoms with van der Waals surface area (Å²) in [7, 11) is 0. The average molecular weight is 380 g/mol. The van der Waals surface area contributed by atoms with E-state index in [4.69, 9.17) is 5.11 Å². The molecule has 0 saturated heterocycles. The zero-order valence-corrected chi connectivity index (χ0v) is 12.8. The molecule has 0 fully saturated rings. The van der Waals surface area contributed by atoms with Crippen LogP contribution in [0.1, 0.15) is 20.1 Å². The molecule has 1 aromatic carbocycles. The lowest BCUT2D eigenvalue weighted by Crippen LogP contribution is -2.10. The molecule has 3 nitrogen and oxygen atoms in total. The number of halogens is 4. The van der Waals surface area contributed by atoms with Crippen LogP contribution in [0.25, 0.3) is 0 Å². The monoisotopic (exact) mass is 379 g/mol. The largest absolute Gasteiger partial charge is 0.477 e. The van der Waals surface area contributed by atoms with Crippen LogP contribution >= 0.6 is 27.3 Å². The van der Waals surface area contributed by atoms with Gasteiger partial charge in [0.15, 0.2) is 0 Å². The Morgan fingerprint density at radius 1 is 1.29 bits per heavy atom. The van der Waals surface area contributed by atoms with Crippen LogP contribution in [0.5, 0.6) is 0 Å².